The molecule has 0 radical (unpaired) electrons. The first kappa shape index (κ1) is 21.5. The van der Waals surface area contributed by atoms with Crippen LogP contribution in [0.25, 0.3) is 11.3 Å². The van der Waals surface area contributed by atoms with Crippen LogP contribution in [0.3, 0.4) is 0 Å². The van der Waals surface area contributed by atoms with E-state index in [-0.39, 0.29) is 23.0 Å². The lowest BCUT2D eigenvalue weighted by Gasteiger charge is -2.21. The lowest BCUT2D eigenvalue weighted by atomic mass is 10.1. The van der Waals surface area contributed by atoms with Gasteiger partial charge in [-0.3, -0.25) is 4.79 Å². The summed E-state index contributed by atoms with van der Waals surface area (Å²) in [5.41, 5.74) is 10.0. The molecule has 8 heteroatoms. The molecule has 2 heterocycles. The maximum absolute atomic E-state index is 12.5. The van der Waals surface area contributed by atoms with Crippen molar-refractivity contribution in [3.63, 3.8) is 0 Å². The fraction of sp³-hybridized carbons (Fsp3) is 0.0833. The summed E-state index contributed by atoms with van der Waals surface area (Å²) in [5, 5.41) is 13.2. The van der Waals surface area contributed by atoms with Crippen molar-refractivity contribution in [3.05, 3.63) is 88.8 Å². The highest BCUT2D eigenvalue weighted by Crippen LogP contribution is 2.35. The second-order valence-corrected chi connectivity index (χ2v) is 8.10. The van der Waals surface area contributed by atoms with Crippen LogP contribution in [0.4, 0.5) is 17.2 Å². The molecule has 0 unspecified atom stereocenters. The Morgan fingerprint density at radius 3 is 2.56 bits per heavy atom. The molecule has 0 saturated carbocycles. The summed E-state index contributed by atoms with van der Waals surface area (Å²) < 4.78 is 5.99. The minimum atomic E-state index is -0.337. The number of carbonyl (C=O) groups excluding carboxylic acids is 1. The van der Waals surface area contributed by atoms with Gasteiger partial charge < -0.3 is 25.5 Å². The molecule has 0 fully saturated rings. The average molecular weight is 493 g/mol. The number of benzene rings is 2. The number of phenolic OH excluding ortho intramolecular Hbond substituents is 1. The number of carbonyl (C=O) groups is 1. The Labute approximate surface area is 193 Å². The van der Waals surface area contributed by atoms with Crippen LogP contribution in [0.2, 0.25) is 0 Å². The number of nitrogen functional groups attached to an aromatic ring is 1. The van der Waals surface area contributed by atoms with Gasteiger partial charge in [-0.1, -0.05) is 15.9 Å². The van der Waals surface area contributed by atoms with E-state index in [0.29, 0.717) is 17.8 Å². The first-order chi connectivity index (χ1) is 15.4. The van der Waals surface area contributed by atoms with Gasteiger partial charge in [-0.25, -0.2) is 4.98 Å². The van der Waals surface area contributed by atoms with Gasteiger partial charge in [-0.2, -0.15) is 0 Å². The fourth-order valence-electron chi connectivity index (χ4n) is 3.24. The highest BCUT2D eigenvalue weighted by atomic mass is 79.9. The Kier molecular flexibility index (Phi) is 6.13. The van der Waals surface area contributed by atoms with Crippen molar-refractivity contribution >= 4 is 39.0 Å². The summed E-state index contributed by atoms with van der Waals surface area (Å²) in [6.07, 6.45) is 3.10. The number of phenols is 1. The van der Waals surface area contributed by atoms with Crippen molar-refractivity contribution in [1.82, 2.24) is 10.3 Å². The summed E-state index contributed by atoms with van der Waals surface area (Å²) >= 11 is 3.44. The van der Waals surface area contributed by atoms with Crippen LogP contribution in [0.15, 0.2) is 82.1 Å². The largest absolute Gasteiger partial charge is 0.507 e. The predicted molar refractivity (Wildman–Crippen MR) is 128 cm³/mol. The minimum absolute atomic E-state index is 0.0713. The summed E-state index contributed by atoms with van der Waals surface area (Å²) in [7, 11) is 1.94. The number of amides is 1. The van der Waals surface area contributed by atoms with Gasteiger partial charge in [0, 0.05) is 40.6 Å². The molecule has 0 spiro atoms. The minimum Gasteiger partial charge on any atom is -0.507 e. The molecule has 0 aliphatic heterocycles. The summed E-state index contributed by atoms with van der Waals surface area (Å²) in [6, 6.07) is 18.2. The second kappa shape index (κ2) is 9.15. The number of hydrogen-bond donors (Lipinski definition) is 3. The molecule has 4 aromatic rings. The molecule has 0 bridgehead atoms. The van der Waals surface area contributed by atoms with E-state index < -0.39 is 0 Å². The van der Waals surface area contributed by atoms with E-state index in [1.54, 1.807) is 36.8 Å². The van der Waals surface area contributed by atoms with Gasteiger partial charge in [-0.15, -0.1) is 0 Å². The molecule has 4 rings (SSSR count). The molecule has 2 aromatic heterocycles. The zero-order valence-electron chi connectivity index (χ0n) is 17.2. The van der Waals surface area contributed by atoms with E-state index >= 15 is 0 Å². The number of hydrogen-bond acceptors (Lipinski definition) is 6. The van der Waals surface area contributed by atoms with Crippen molar-refractivity contribution in [2.75, 3.05) is 17.7 Å². The molecule has 0 aliphatic rings. The number of halogens is 1. The first-order valence-electron chi connectivity index (χ1n) is 9.81. The quantitative estimate of drug-likeness (QED) is 0.346. The third-order valence-corrected chi connectivity index (χ3v) is 5.59. The van der Waals surface area contributed by atoms with Crippen molar-refractivity contribution in [1.29, 1.82) is 0 Å². The number of aromatic hydroxyl groups is 1. The maximum atomic E-state index is 12.5. The third kappa shape index (κ3) is 4.60. The van der Waals surface area contributed by atoms with E-state index in [2.05, 4.69) is 26.2 Å². The molecular formula is C24H21BrN4O3. The van der Waals surface area contributed by atoms with Crippen LogP contribution in [-0.4, -0.2) is 23.0 Å². The fourth-order valence-corrected chi connectivity index (χ4v) is 3.50. The van der Waals surface area contributed by atoms with Gasteiger partial charge in [0.25, 0.3) is 5.91 Å². The van der Waals surface area contributed by atoms with Gasteiger partial charge in [0.2, 0.25) is 0 Å². The Morgan fingerprint density at radius 2 is 1.88 bits per heavy atom. The van der Waals surface area contributed by atoms with Gasteiger partial charge in [0.05, 0.1) is 23.8 Å². The van der Waals surface area contributed by atoms with Gasteiger partial charge in [-0.05, 0) is 60.7 Å². The monoisotopic (exact) mass is 492 g/mol. The zero-order chi connectivity index (χ0) is 22.7. The molecule has 2 aromatic carbocycles. The zero-order valence-corrected chi connectivity index (χ0v) is 18.8. The number of rotatable bonds is 6. The summed E-state index contributed by atoms with van der Waals surface area (Å²) in [5.74, 6) is -0.184. The van der Waals surface area contributed by atoms with Crippen LogP contribution >= 0.6 is 15.9 Å². The molecule has 1 amide bonds. The summed E-state index contributed by atoms with van der Waals surface area (Å²) in [6.45, 7) is 0.321. The number of pyridine rings is 1. The summed E-state index contributed by atoms with van der Waals surface area (Å²) in [4.78, 5) is 18.8. The number of nitrogens with two attached hydrogens (primary N) is 1. The molecule has 0 saturated heterocycles. The average Bonchev–Trinajstić information content (AvgIpc) is 3.31. The van der Waals surface area contributed by atoms with Crippen molar-refractivity contribution in [2.45, 2.75) is 6.54 Å². The van der Waals surface area contributed by atoms with E-state index in [0.717, 1.165) is 21.4 Å². The van der Waals surface area contributed by atoms with Gasteiger partial charge >= 0.3 is 0 Å². The smallest absolute Gasteiger partial charge is 0.255 e. The van der Waals surface area contributed by atoms with Crippen molar-refractivity contribution in [3.8, 4) is 17.0 Å². The van der Waals surface area contributed by atoms with Crippen LogP contribution < -0.4 is 16.0 Å². The molecule has 4 N–H and O–H groups in total. The molecule has 32 heavy (non-hydrogen) atoms. The number of nitrogens with zero attached hydrogens (tertiary/aromatic N) is 2. The van der Waals surface area contributed by atoms with E-state index in [9.17, 15) is 9.90 Å². The maximum Gasteiger partial charge on any atom is 0.255 e. The Hall–Kier alpha value is -3.78. The van der Waals surface area contributed by atoms with Gasteiger partial charge in [0.1, 0.15) is 11.6 Å². The highest BCUT2D eigenvalue weighted by molar-refractivity contribution is 9.10. The lowest BCUT2D eigenvalue weighted by Crippen LogP contribution is -2.24. The normalized spacial score (nSPS) is 10.7. The van der Waals surface area contributed by atoms with Crippen molar-refractivity contribution in [2.24, 2.45) is 0 Å². The van der Waals surface area contributed by atoms with E-state index in [1.165, 1.54) is 0 Å². The van der Waals surface area contributed by atoms with Crippen molar-refractivity contribution < 1.29 is 14.3 Å². The van der Waals surface area contributed by atoms with E-state index in [1.807, 2.05) is 48.3 Å². The second-order valence-electron chi connectivity index (χ2n) is 7.18. The van der Waals surface area contributed by atoms with Crippen LogP contribution in [-0.2, 0) is 6.54 Å². The first-order valence-corrected chi connectivity index (χ1v) is 10.6. The molecule has 162 valence electrons. The van der Waals surface area contributed by atoms with Crippen LogP contribution in [0.1, 0.15) is 15.9 Å². The highest BCUT2D eigenvalue weighted by Gasteiger charge is 2.15. The molecular weight excluding hydrogens is 472 g/mol. The SMILES string of the molecule is CN(c1ccc(Br)cc1)c1ccc(O)c(-c2ccc(C(=O)NCc3ccoc3)c(N)n2)c1. The lowest BCUT2D eigenvalue weighted by molar-refractivity contribution is 0.0951. The Morgan fingerprint density at radius 1 is 1.12 bits per heavy atom. The standard InChI is InChI=1S/C24H21BrN4O3/c1-29(17-4-2-16(25)3-5-17)18-6-9-22(30)20(12-18)21-8-7-19(23(26)28-21)24(31)27-13-15-10-11-32-14-15/h2-12,14,30H,13H2,1H3,(H2,26,28)(H,27,31). The molecule has 0 atom stereocenters. The topological polar surface area (TPSA) is 105 Å². The Balaban J connectivity index is 1.57. The van der Waals surface area contributed by atoms with E-state index in [4.69, 9.17) is 10.2 Å². The molecule has 7 nitrogen and oxygen atoms in total. The third-order valence-electron chi connectivity index (χ3n) is 5.06. The number of furan rings is 1. The van der Waals surface area contributed by atoms with Crippen LogP contribution in [0.5, 0.6) is 5.75 Å². The van der Waals surface area contributed by atoms with Crippen LogP contribution in [0, 0.1) is 0 Å². The molecule has 0 aliphatic carbocycles. The van der Waals surface area contributed by atoms with Gasteiger partial charge in [0.15, 0.2) is 0 Å². The predicted octanol–water partition coefficient (Wildman–Crippen LogP) is 5.09. The Bertz CT molecular complexity index is 1240. The number of aromatic nitrogens is 1. The number of anilines is 3. The number of nitrogens with one attached hydrogen (secondary N) is 1.